The molecule has 0 fully saturated rings. The van der Waals surface area contributed by atoms with Crippen LogP contribution in [0.1, 0.15) is 21.7 Å². The summed E-state index contributed by atoms with van der Waals surface area (Å²) in [7, 11) is 0. The van der Waals surface area contributed by atoms with Crippen molar-refractivity contribution in [2.45, 2.75) is 6.92 Å². The zero-order valence-corrected chi connectivity index (χ0v) is 10.3. The molecule has 0 radical (unpaired) electrons. The largest absolute Gasteiger partial charge is 0.508 e. The zero-order valence-electron chi connectivity index (χ0n) is 10.3. The molecule has 4 heteroatoms. The Kier molecular flexibility index (Phi) is 3.48. The quantitative estimate of drug-likeness (QED) is 0.518. The van der Waals surface area contributed by atoms with E-state index in [1.165, 1.54) is 30.5 Å². The number of ketones is 1. The standard InChI is InChI=1S/C15H11NO3/c1-10-14(5-6-19-10)15(18)12(9-16)7-11-3-2-4-13(17)8-11/h2-8,17H,1H3/b12-7+. The average molecular weight is 253 g/mol. The van der Waals surface area contributed by atoms with Crippen molar-refractivity contribution in [2.24, 2.45) is 0 Å². The van der Waals surface area contributed by atoms with Crippen molar-refractivity contribution >= 4 is 11.9 Å². The number of carbonyl (C=O) groups is 1. The van der Waals surface area contributed by atoms with Gasteiger partial charge in [0.05, 0.1) is 11.8 Å². The number of allylic oxidation sites excluding steroid dienone is 1. The van der Waals surface area contributed by atoms with Gasteiger partial charge < -0.3 is 9.52 Å². The third-order valence-electron chi connectivity index (χ3n) is 2.65. The lowest BCUT2D eigenvalue weighted by molar-refractivity contribution is 0.103. The van der Waals surface area contributed by atoms with Gasteiger partial charge in [-0.2, -0.15) is 5.26 Å². The summed E-state index contributed by atoms with van der Waals surface area (Å²) in [6.45, 7) is 1.66. The van der Waals surface area contributed by atoms with E-state index in [0.29, 0.717) is 16.9 Å². The van der Waals surface area contributed by atoms with Crippen molar-refractivity contribution in [1.82, 2.24) is 0 Å². The maximum absolute atomic E-state index is 12.1. The van der Waals surface area contributed by atoms with Crippen LogP contribution in [-0.2, 0) is 0 Å². The zero-order chi connectivity index (χ0) is 13.8. The van der Waals surface area contributed by atoms with Crippen LogP contribution in [-0.4, -0.2) is 10.9 Å². The van der Waals surface area contributed by atoms with Crippen molar-refractivity contribution in [2.75, 3.05) is 0 Å². The van der Waals surface area contributed by atoms with Crippen LogP contribution in [0.5, 0.6) is 5.75 Å². The molecule has 0 unspecified atom stereocenters. The van der Waals surface area contributed by atoms with E-state index in [-0.39, 0.29) is 11.3 Å². The van der Waals surface area contributed by atoms with Gasteiger partial charge in [0, 0.05) is 0 Å². The fraction of sp³-hybridized carbons (Fsp3) is 0.0667. The van der Waals surface area contributed by atoms with E-state index in [4.69, 9.17) is 9.68 Å². The van der Waals surface area contributed by atoms with Crippen LogP contribution < -0.4 is 0 Å². The van der Waals surface area contributed by atoms with Crippen LogP contribution >= 0.6 is 0 Å². The molecule has 4 nitrogen and oxygen atoms in total. The van der Waals surface area contributed by atoms with Crippen molar-refractivity contribution in [3.8, 4) is 11.8 Å². The number of furan rings is 1. The first-order chi connectivity index (χ1) is 9.11. The number of hydrogen-bond acceptors (Lipinski definition) is 4. The van der Waals surface area contributed by atoms with Gasteiger partial charge in [-0.3, -0.25) is 4.79 Å². The maximum atomic E-state index is 12.1. The van der Waals surface area contributed by atoms with Gasteiger partial charge in [-0.05, 0) is 36.8 Å². The van der Waals surface area contributed by atoms with E-state index < -0.39 is 5.78 Å². The second-order valence-corrected chi connectivity index (χ2v) is 3.98. The fourth-order valence-corrected chi connectivity index (χ4v) is 1.70. The summed E-state index contributed by atoms with van der Waals surface area (Å²) in [4.78, 5) is 12.1. The predicted molar refractivity (Wildman–Crippen MR) is 69.5 cm³/mol. The molecule has 1 N–H and O–H groups in total. The first kappa shape index (κ1) is 12.7. The minimum atomic E-state index is -0.392. The molecule has 0 amide bonds. The molecule has 1 aromatic carbocycles. The van der Waals surface area contributed by atoms with E-state index in [1.54, 1.807) is 19.1 Å². The van der Waals surface area contributed by atoms with Gasteiger partial charge in [0.1, 0.15) is 23.2 Å². The Morgan fingerprint density at radius 2 is 2.21 bits per heavy atom. The Morgan fingerprint density at radius 3 is 2.79 bits per heavy atom. The topological polar surface area (TPSA) is 74.2 Å². The van der Waals surface area contributed by atoms with Gasteiger partial charge in [0.25, 0.3) is 0 Å². The number of benzene rings is 1. The van der Waals surface area contributed by atoms with Gasteiger partial charge in [0.15, 0.2) is 0 Å². The molecule has 0 atom stereocenters. The number of rotatable bonds is 3. The van der Waals surface area contributed by atoms with Gasteiger partial charge >= 0.3 is 0 Å². The molecule has 0 aliphatic heterocycles. The molecule has 0 aliphatic rings. The normalized spacial score (nSPS) is 11.1. The van der Waals surface area contributed by atoms with E-state index in [2.05, 4.69) is 0 Å². The number of phenols is 1. The van der Waals surface area contributed by atoms with Gasteiger partial charge in [-0.25, -0.2) is 0 Å². The Bertz CT molecular complexity index is 689. The van der Waals surface area contributed by atoms with E-state index in [0.717, 1.165) is 0 Å². The highest BCUT2D eigenvalue weighted by Gasteiger charge is 2.16. The van der Waals surface area contributed by atoms with E-state index in [1.807, 2.05) is 6.07 Å². The summed E-state index contributed by atoms with van der Waals surface area (Å²) in [6, 6.07) is 9.75. The predicted octanol–water partition coefficient (Wildman–Crippen LogP) is 3.08. The molecule has 0 saturated heterocycles. The molecular formula is C15H11NO3. The van der Waals surface area contributed by atoms with Crippen LogP contribution in [0.25, 0.3) is 6.08 Å². The molecule has 19 heavy (non-hydrogen) atoms. The van der Waals surface area contributed by atoms with E-state index in [9.17, 15) is 9.90 Å². The number of nitrogens with zero attached hydrogens (tertiary/aromatic N) is 1. The Labute approximate surface area is 110 Å². The molecule has 0 bridgehead atoms. The minimum absolute atomic E-state index is 0.00454. The van der Waals surface area contributed by atoms with Crippen LogP contribution in [0.3, 0.4) is 0 Å². The van der Waals surface area contributed by atoms with Crippen molar-refractivity contribution in [3.05, 3.63) is 59.1 Å². The fourth-order valence-electron chi connectivity index (χ4n) is 1.70. The minimum Gasteiger partial charge on any atom is -0.508 e. The lowest BCUT2D eigenvalue weighted by atomic mass is 10.0. The molecule has 94 valence electrons. The summed E-state index contributed by atoms with van der Waals surface area (Å²) in [5, 5.41) is 18.4. The highest BCUT2D eigenvalue weighted by molar-refractivity contribution is 6.14. The highest BCUT2D eigenvalue weighted by Crippen LogP contribution is 2.18. The molecule has 1 heterocycles. The monoisotopic (exact) mass is 253 g/mol. The lowest BCUT2D eigenvalue weighted by Crippen LogP contribution is -2.02. The lowest BCUT2D eigenvalue weighted by Gasteiger charge is -1.99. The number of aromatic hydroxyl groups is 1. The Balaban J connectivity index is 2.39. The molecule has 0 spiro atoms. The third kappa shape index (κ3) is 2.72. The molecule has 2 aromatic rings. The summed E-state index contributed by atoms with van der Waals surface area (Å²) in [6.07, 6.45) is 2.85. The second kappa shape index (κ2) is 5.23. The number of carbonyl (C=O) groups excluding carboxylic acids is 1. The third-order valence-corrected chi connectivity index (χ3v) is 2.65. The number of Topliss-reactive ketones (excluding diaryl/α,β-unsaturated/α-hetero) is 1. The van der Waals surface area contributed by atoms with Gasteiger partial charge in [-0.15, -0.1) is 0 Å². The number of hydrogen-bond donors (Lipinski definition) is 1. The summed E-state index contributed by atoms with van der Waals surface area (Å²) in [5.41, 5.74) is 0.953. The summed E-state index contributed by atoms with van der Waals surface area (Å²) in [5.74, 6) is 0.164. The van der Waals surface area contributed by atoms with Crippen molar-refractivity contribution in [1.29, 1.82) is 5.26 Å². The van der Waals surface area contributed by atoms with Crippen molar-refractivity contribution in [3.63, 3.8) is 0 Å². The SMILES string of the molecule is Cc1occc1C(=O)/C(C#N)=C/c1cccc(O)c1. The summed E-state index contributed by atoms with van der Waals surface area (Å²) < 4.78 is 5.05. The number of aryl methyl sites for hydroxylation is 1. The number of phenolic OH excluding ortho intramolecular Hbond substituents is 1. The molecule has 0 aliphatic carbocycles. The summed E-state index contributed by atoms with van der Waals surface area (Å²) >= 11 is 0. The number of nitriles is 1. The Hall–Kier alpha value is -2.80. The van der Waals surface area contributed by atoms with Crippen LogP contribution in [0.4, 0.5) is 0 Å². The van der Waals surface area contributed by atoms with Crippen LogP contribution in [0.15, 0.2) is 46.6 Å². The second-order valence-electron chi connectivity index (χ2n) is 3.98. The average Bonchev–Trinajstić information content (AvgIpc) is 2.81. The highest BCUT2D eigenvalue weighted by atomic mass is 16.3. The van der Waals surface area contributed by atoms with E-state index >= 15 is 0 Å². The first-order valence-electron chi connectivity index (χ1n) is 5.61. The van der Waals surface area contributed by atoms with Crippen LogP contribution in [0, 0.1) is 18.3 Å². The van der Waals surface area contributed by atoms with Gasteiger partial charge in [-0.1, -0.05) is 12.1 Å². The smallest absolute Gasteiger partial charge is 0.207 e. The first-order valence-corrected chi connectivity index (χ1v) is 5.61. The molecular weight excluding hydrogens is 242 g/mol. The van der Waals surface area contributed by atoms with Crippen LogP contribution in [0.2, 0.25) is 0 Å². The Morgan fingerprint density at radius 1 is 1.42 bits per heavy atom. The molecule has 2 rings (SSSR count). The molecule has 0 saturated carbocycles. The van der Waals surface area contributed by atoms with Gasteiger partial charge in [0.2, 0.25) is 5.78 Å². The maximum Gasteiger partial charge on any atom is 0.207 e. The molecule has 1 aromatic heterocycles. The van der Waals surface area contributed by atoms with Crippen molar-refractivity contribution < 1.29 is 14.3 Å².